The number of anilines is 3. The standard InChI is InChI=1S/C23H26F3N7O2/c24-15-7-8-16(25)19(18(15)26)31-23-30-17-10-28-22(29-12-3-6-14(34)9-12)32-21(17)33(23)13-4-1-11(2-5-13)20(27)35/h7-8,10-14,34H,1-6,9H2,(H2,27,35)(H,30,31)(H,28,29,32)/t11?,12-,13?,14-/m1/s1. The molecule has 0 unspecified atom stereocenters. The number of benzene rings is 1. The van der Waals surface area contributed by atoms with Crippen molar-refractivity contribution in [1.82, 2.24) is 19.5 Å². The Balaban J connectivity index is 1.53. The SMILES string of the molecule is NC(=O)C1CCC(n2c(Nc3c(F)ccc(F)c3F)nc3cnc(N[C@@H]4CC[C@@H](O)C4)nc32)CC1. The number of hydrogen-bond acceptors (Lipinski definition) is 7. The Morgan fingerprint density at radius 1 is 1.06 bits per heavy atom. The van der Waals surface area contributed by atoms with Crippen LogP contribution in [0.1, 0.15) is 51.0 Å². The first-order chi connectivity index (χ1) is 16.8. The Kier molecular flexibility index (Phi) is 6.22. The van der Waals surface area contributed by atoms with Gasteiger partial charge in [0, 0.05) is 18.0 Å². The van der Waals surface area contributed by atoms with Crippen LogP contribution >= 0.6 is 0 Å². The van der Waals surface area contributed by atoms with Crippen LogP contribution in [0.4, 0.5) is 30.8 Å². The van der Waals surface area contributed by atoms with E-state index in [1.54, 1.807) is 4.57 Å². The lowest BCUT2D eigenvalue weighted by molar-refractivity contribution is -0.122. The molecule has 2 aliphatic rings. The van der Waals surface area contributed by atoms with E-state index in [9.17, 15) is 23.1 Å². The van der Waals surface area contributed by atoms with Crippen molar-refractivity contribution in [3.05, 3.63) is 35.8 Å². The summed E-state index contributed by atoms with van der Waals surface area (Å²) in [5.41, 5.74) is 5.64. The number of aliphatic hydroxyl groups is 1. The molecule has 0 radical (unpaired) electrons. The number of hydrogen-bond donors (Lipinski definition) is 4. The molecule has 35 heavy (non-hydrogen) atoms. The zero-order chi connectivity index (χ0) is 24.7. The van der Waals surface area contributed by atoms with Gasteiger partial charge in [-0.3, -0.25) is 9.36 Å². The third-order valence-corrected chi connectivity index (χ3v) is 6.92. The van der Waals surface area contributed by atoms with Gasteiger partial charge in [-0.25, -0.2) is 23.1 Å². The van der Waals surface area contributed by atoms with Gasteiger partial charge >= 0.3 is 0 Å². The van der Waals surface area contributed by atoms with Gasteiger partial charge in [-0.2, -0.15) is 4.98 Å². The normalized spacial score (nSPS) is 24.6. The maximum Gasteiger partial charge on any atom is 0.224 e. The van der Waals surface area contributed by atoms with E-state index < -0.39 is 23.1 Å². The molecular formula is C23H26F3N7O2. The molecule has 2 heterocycles. The first-order valence-electron chi connectivity index (χ1n) is 11.7. The van der Waals surface area contributed by atoms with E-state index in [2.05, 4.69) is 25.6 Å². The molecule has 2 aliphatic carbocycles. The van der Waals surface area contributed by atoms with Gasteiger partial charge in [0.15, 0.2) is 17.3 Å². The minimum absolute atomic E-state index is 0.0258. The van der Waals surface area contributed by atoms with Crippen molar-refractivity contribution in [2.75, 3.05) is 10.6 Å². The molecule has 0 saturated heterocycles. The van der Waals surface area contributed by atoms with Crippen LogP contribution in [0, 0.1) is 23.4 Å². The minimum atomic E-state index is -1.35. The second-order valence-electron chi connectivity index (χ2n) is 9.27. The highest BCUT2D eigenvalue weighted by molar-refractivity contribution is 5.78. The van der Waals surface area contributed by atoms with Crippen LogP contribution in [-0.4, -0.2) is 42.7 Å². The number of aliphatic hydroxyl groups excluding tert-OH is 1. The van der Waals surface area contributed by atoms with E-state index in [-0.39, 0.29) is 36.0 Å². The van der Waals surface area contributed by atoms with E-state index in [4.69, 9.17) is 5.73 Å². The molecule has 5 N–H and O–H groups in total. The topological polar surface area (TPSA) is 131 Å². The molecular weight excluding hydrogens is 463 g/mol. The highest BCUT2D eigenvalue weighted by Gasteiger charge is 2.30. The number of nitrogens with two attached hydrogens (primary N) is 1. The molecule has 12 heteroatoms. The summed E-state index contributed by atoms with van der Waals surface area (Å²) in [7, 11) is 0. The number of rotatable bonds is 6. The molecule has 0 bridgehead atoms. The lowest BCUT2D eigenvalue weighted by Crippen LogP contribution is -2.29. The van der Waals surface area contributed by atoms with Gasteiger partial charge in [-0.1, -0.05) is 0 Å². The second kappa shape index (κ2) is 9.33. The molecule has 186 valence electrons. The number of amides is 1. The lowest BCUT2D eigenvalue weighted by Gasteiger charge is -2.29. The number of imidazole rings is 1. The maximum absolute atomic E-state index is 14.4. The molecule has 9 nitrogen and oxygen atoms in total. The van der Waals surface area contributed by atoms with Crippen molar-refractivity contribution in [3.8, 4) is 0 Å². The molecule has 0 aliphatic heterocycles. The zero-order valence-corrected chi connectivity index (χ0v) is 18.8. The Labute approximate surface area is 199 Å². The lowest BCUT2D eigenvalue weighted by atomic mass is 9.85. The van der Waals surface area contributed by atoms with Gasteiger partial charge in [0.2, 0.25) is 17.8 Å². The summed E-state index contributed by atoms with van der Waals surface area (Å²) >= 11 is 0. The summed E-state index contributed by atoms with van der Waals surface area (Å²) in [5, 5.41) is 15.7. The summed E-state index contributed by atoms with van der Waals surface area (Å²) in [6.07, 6.45) is 5.45. The number of carbonyl (C=O) groups excluding carboxylic acids is 1. The fraction of sp³-hybridized carbons (Fsp3) is 0.478. The summed E-state index contributed by atoms with van der Waals surface area (Å²) < 4.78 is 44.4. The predicted octanol–water partition coefficient (Wildman–Crippen LogP) is 3.53. The monoisotopic (exact) mass is 489 g/mol. The van der Waals surface area contributed by atoms with Crippen molar-refractivity contribution < 1.29 is 23.1 Å². The molecule has 1 amide bonds. The van der Waals surface area contributed by atoms with Crippen molar-refractivity contribution in [2.45, 2.75) is 63.1 Å². The summed E-state index contributed by atoms with van der Waals surface area (Å²) in [6, 6.07) is 1.39. The Morgan fingerprint density at radius 2 is 1.80 bits per heavy atom. The molecule has 2 atom stereocenters. The average molecular weight is 490 g/mol. The van der Waals surface area contributed by atoms with E-state index in [0.29, 0.717) is 61.7 Å². The highest BCUT2D eigenvalue weighted by Crippen LogP contribution is 2.37. The van der Waals surface area contributed by atoms with Crippen LogP contribution in [0.2, 0.25) is 0 Å². The molecule has 2 saturated carbocycles. The maximum atomic E-state index is 14.4. The van der Waals surface area contributed by atoms with Gasteiger partial charge in [0.1, 0.15) is 17.0 Å². The van der Waals surface area contributed by atoms with Crippen molar-refractivity contribution in [2.24, 2.45) is 11.7 Å². The first-order valence-corrected chi connectivity index (χ1v) is 11.7. The van der Waals surface area contributed by atoms with E-state index in [1.165, 1.54) is 6.20 Å². The van der Waals surface area contributed by atoms with Gasteiger partial charge in [-0.15, -0.1) is 0 Å². The van der Waals surface area contributed by atoms with Crippen LogP contribution in [0.25, 0.3) is 11.2 Å². The summed E-state index contributed by atoms with van der Waals surface area (Å²) in [6.45, 7) is 0. The molecule has 1 aromatic carbocycles. The quantitative estimate of drug-likeness (QED) is 0.390. The Bertz CT molecular complexity index is 1260. The van der Waals surface area contributed by atoms with Gasteiger partial charge in [0.05, 0.1) is 12.3 Å². The number of nitrogens with one attached hydrogen (secondary N) is 2. The zero-order valence-electron chi connectivity index (χ0n) is 18.8. The van der Waals surface area contributed by atoms with E-state index in [0.717, 1.165) is 12.5 Å². The molecule has 2 fully saturated rings. The van der Waals surface area contributed by atoms with E-state index in [1.807, 2.05) is 0 Å². The third kappa shape index (κ3) is 4.62. The second-order valence-corrected chi connectivity index (χ2v) is 9.27. The average Bonchev–Trinajstić information content (AvgIpc) is 3.41. The minimum Gasteiger partial charge on any atom is -0.393 e. The predicted molar refractivity (Wildman–Crippen MR) is 122 cm³/mol. The number of primary amides is 1. The van der Waals surface area contributed by atoms with Crippen LogP contribution in [-0.2, 0) is 4.79 Å². The van der Waals surface area contributed by atoms with Crippen molar-refractivity contribution >= 4 is 34.7 Å². The summed E-state index contributed by atoms with van der Waals surface area (Å²) in [4.78, 5) is 25.0. The number of halogens is 3. The van der Waals surface area contributed by atoms with Gasteiger partial charge in [-0.05, 0) is 57.1 Å². The fourth-order valence-electron chi connectivity index (χ4n) is 5.04. The largest absolute Gasteiger partial charge is 0.393 e. The fourth-order valence-corrected chi connectivity index (χ4v) is 5.04. The first kappa shape index (κ1) is 23.3. The van der Waals surface area contributed by atoms with Crippen LogP contribution in [0.15, 0.2) is 18.3 Å². The van der Waals surface area contributed by atoms with Gasteiger partial charge < -0.3 is 21.5 Å². The molecule has 2 aromatic heterocycles. The van der Waals surface area contributed by atoms with Crippen molar-refractivity contribution in [3.63, 3.8) is 0 Å². The smallest absolute Gasteiger partial charge is 0.224 e. The Morgan fingerprint density at radius 3 is 2.49 bits per heavy atom. The van der Waals surface area contributed by atoms with Crippen molar-refractivity contribution in [1.29, 1.82) is 0 Å². The van der Waals surface area contributed by atoms with Crippen LogP contribution in [0.5, 0.6) is 0 Å². The number of nitrogens with zero attached hydrogens (tertiary/aromatic N) is 4. The molecule has 0 spiro atoms. The van der Waals surface area contributed by atoms with E-state index >= 15 is 0 Å². The molecule has 5 rings (SSSR count). The highest BCUT2D eigenvalue weighted by atomic mass is 19.2. The van der Waals surface area contributed by atoms with Crippen LogP contribution < -0.4 is 16.4 Å². The van der Waals surface area contributed by atoms with Crippen LogP contribution in [0.3, 0.4) is 0 Å². The molecule has 3 aromatic rings. The third-order valence-electron chi connectivity index (χ3n) is 6.92. The Hall–Kier alpha value is -3.41. The number of aromatic nitrogens is 4. The summed E-state index contributed by atoms with van der Waals surface area (Å²) in [5.74, 6) is -3.66. The number of fused-ring (bicyclic) bond motifs is 1. The number of carbonyl (C=O) groups is 1. The van der Waals surface area contributed by atoms with Gasteiger partial charge in [0.25, 0.3) is 0 Å².